The molecule has 2 atom stereocenters. The number of carbonyl (C=O) groups excluding carboxylic acids is 1. The van der Waals surface area contributed by atoms with Gasteiger partial charge in [0.25, 0.3) is 0 Å². The SMILES string of the molecule is CCC1CC2(CO1)C(=O)Nc1ccccc12. The fourth-order valence-corrected chi connectivity index (χ4v) is 2.75. The minimum absolute atomic E-state index is 0.102. The summed E-state index contributed by atoms with van der Waals surface area (Å²) in [4.78, 5) is 12.1. The van der Waals surface area contributed by atoms with Gasteiger partial charge in [0.15, 0.2) is 0 Å². The first-order valence-electron chi connectivity index (χ1n) is 5.79. The van der Waals surface area contributed by atoms with Crippen molar-refractivity contribution in [1.82, 2.24) is 0 Å². The molecule has 2 unspecified atom stereocenters. The number of rotatable bonds is 1. The zero-order valence-electron chi connectivity index (χ0n) is 9.32. The van der Waals surface area contributed by atoms with E-state index in [9.17, 15) is 4.79 Å². The molecule has 0 bridgehead atoms. The maximum atomic E-state index is 12.1. The molecule has 1 aromatic carbocycles. The maximum Gasteiger partial charge on any atom is 0.237 e. The molecule has 0 radical (unpaired) electrons. The van der Waals surface area contributed by atoms with Crippen LogP contribution in [0.1, 0.15) is 25.3 Å². The smallest absolute Gasteiger partial charge is 0.237 e. The summed E-state index contributed by atoms with van der Waals surface area (Å²) >= 11 is 0. The number of amides is 1. The van der Waals surface area contributed by atoms with Gasteiger partial charge in [-0.3, -0.25) is 4.79 Å². The first-order valence-corrected chi connectivity index (χ1v) is 5.79. The van der Waals surface area contributed by atoms with Gasteiger partial charge in [0.05, 0.1) is 12.7 Å². The number of ether oxygens (including phenoxy) is 1. The van der Waals surface area contributed by atoms with Gasteiger partial charge in [-0.05, 0) is 24.5 Å². The zero-order chi connectivity index (χ0) is 11.2. The Balaban J connectivity index is 2.05. The van der Waals surface area contributed by atoms with Gasteiger partial charge < -0.3 is 10.1 Å². The van der Waals surface area contributed by atoms with E-state index in [0.29, 0.717) is 6.61 Å². The summed E-state index contributed by atoms with van der Waals surface area (Å²) < 4.78 is 5.71. The van der Waals surface area contributed by atoms with E-state index in [1.807, 2.05) is 24.3 Å². The molecular weight excluding hydrogens is 202 g/mol. The second-order valence-corrected chi connectivity index (χ2v) is 4.63. The minimum atomic E-state index is -0.419. The number of benzene rings is 1. The van der Waals surface area contributed by atoms with Gasteiger partial charge in [0, 0.05) is 5.69 Å². The topological polar surface area (TPSA) is 38.3 Å². The third kappa shape index (κ3) is 1.15. The fourth-order valence-electron chi connectivity index (χ4n) is 2.75. The van der Waals surface area contributed by atoms with Crippen molar-refractivity contribution >= 4 is 11.6 Å². The average molecular weight is 217 g/mol. The van der Waals surface area contributed by atoms with Crippen molar-refractivity contribution < 1.29 is 9.53 Å². The van der Waals surface area contributed by atoms with Crippen LogP contribution >= 0.6 is 0 Å². The number of anilines is 1. The van der Waals surface area contributed by atoms with Crippen molar-refractivity contribution in [2.45, 2.75) is 31.3 Å². The van der Waals surface area contributed by atoms with E-state index in [4.69, 9.17) is 4.74 Å². The lowest BCUT2D eigenvalue weighted by Gasteiger charge is -2.18. The van der Waals surface area contributed by atoms with Crippen molar-refractivity contribution in [1.29, 1.82) is 0 Å². The Morgan fingerprint density at radius 3 is 3.06 bits per heavy atom. The summed E-state index contributed by atoms with van der Waals surface area (Å²) in [5, 5.41) is 2.96. The molecule has 2 aliphatic rings. The Labute approximate surface area is 94.8 Å². The number of nitrogens with one attached hydrogen (secondary N) is 1. The lowest BCUT2D eigenvalue weighted by atomic mass is 9.79. The summed E-state index contributed by atoms with van der Waals surface area (Å²) in [6.07, 6.45) is 2.00. The van der Waals surface area contributed by atoms with Gasteiger partial charge in [-0.2, -0.15) is 0 Å². The van der Waals surface area contributed by atoms with Crippen LogP contribution < -0.4 is 5.32 Å². The highest BCUT2D eigenvalue weighted by molar-refractivity contribution is 6.06. The molecule has 1 amide bonds. The number of para-hydroxylation sites is 1. The quantitative estimate of drug-likeness (QED) is 0.782. The van der Waals surface area contributed by atoms with E-state index in [2.05, 4.69) is 12.2 Å². The van der Waals surface area contributed by atoms with E-state index < -0.39 is 5.41 Å². The molecule has 1 aromatic rings. The highest BCUT2D eigenvalue weighted by Gasteiger charge is 2.51. The van der Waals surface area contributed by atoms with Crippen LogP contribution in [-0.2, 0) is 14.9 Å². The van der Waals surface area contributed by atoms with Gasteiger partial charge in [0.1, 0.15) is 5.41 Å². The summed E-state index contributed by atoms with van der Waals surface area (Å²) in [7, 11) is 0. The molecule has 16 heavy (non-hydrogen) atoms. The van der Waals surface area contributed by atoms with Crippen molar-refractivity contribution in [2.24, 2.45) is 0 Å². The molecule has 84 valence electrons. The largest absolute Gasteiger partial charge is 0.377 e. The predicted molar refractivity (Wildman–Crippen MR) is 61.4 cm³/mol. The number of hydrogen-bond donors (Lipinski definition) is 1. The third-order valence-corrected chi connectivity index (χ3v) is 3.72. The van der Waals surface area contributed by atoms with Crippen molar-refractivity contribution in [2.75, 3.05) is 11.9 Å². The van der Waals surface area contributed by atoms with Crippen molar-refractivity contribution in [3.05, 3.63) is 29.8 Å². The van der Waals surface area contributed by atoms with Crippen LogP contribution in [-0.4, -0.2) is 18.6 Å². The van der Waals surface area contributed by atoms with Crippen LogP contribution in [0.3, 0.4) is 0 Å². The van der Waals surface area contributed by atoms with Crippen LogP contribution in [0.15, 0.2) is 24.3 Å². The molecule has 0 saturated carbocycles. The Hall–Kier alpha value is -1.35. The molecule has 0 aliphatic carbocycles. The second-order valence-electron chi connectivity index (χ2n) is 4.63. The molecular formula is C13H15NO2. The first kappa shape index (κ1) is 9.85. The summed E-state index contributed by atoms with van der Waals surface area (Å²) in [5.74, 6) is 0.102. The summed E-state index contributed by atoms with van der Waals surface area (Å²) in [5.41, 5.74) is 1.64. The molecule has 1 spiro atoms. The average Bonchev–Trinajstić information content (AvgIpc) is 2.85. The number of hydrogen-bond acceptors (Lipinski definition) is 2. The van der Waals surface area contributed by atoms with Crippen LogP contribution in [0.5, 0.6) is 0 Å². The van der Waals surface area contributed by atoms with E-state index in [0.717, 1.165) is 24.1 Å². The molecule has 1 N–H and O–H groups in total. The van der Waals surface area contributed by atoms with E-state index in [1.165, 1.54) is 0 Å². The van der Waals surface area contributed by atoms with E-state index in [1.54, 1.807) is 0 Å². The minimum Gasteiger partial charge on any atom is -0.377 e. The predicted octanol–water partition coefficient (Wildman–Crippen LogP) is 2.08. The maximum absolute atomic E-state index is 12.1. The number of fused-ring (bicyclic) bond motifs is 2. The summed E-state index contributed by atoms with van der Waals surface area (Å²) in [6, 6.07) is 7.93. The second kappa shape index (κ2) is 3.32. The van der Waals surface area contributed by atoms with Crippen LogP contribution in [0.25, 0.3) is 0 Å². The molecule has 3 nitrogen and oxygen atoms in total. The van der Waals surface area contributed by atoms with Gasteiger partial charge in [-0.1, -0.05) is 25.1 Å². The monoisotopic (exact) mass is 217 g/mol. The highest BCUT2D eigenvalue weighted by atomic mass is 16.5. The Morgan fingerprint density at radius 1 is 1.50 bits per heavy atom. The summed E-state index contributed by atoms with van der Waals surface area (Å²) in [6.45, 7) is 2.62. The lowest BCUT2D eigenvalue weighted by molar-refractivity contribution is -0.120. The zero-order valence-corrected chi connectivity index (χ0v) is 9.32. The molecule has 3 heteroatoms. The normalized spacial score (nSPS) is 31.8. The standard InChI is InChI=1S/C13H15NO2/c1-2-9-7-13(8-16-9)10-5-3-4-6-11(10)14-12(13)15/h3-6,9H,2,7-8H2,1H3,(H,14,15). The van der Waals surface area contributed by atoms with Gasteiger partial charge in [0.2, 0.25) is 5.91 Å². The molecule has 3 rings (SSSR count). The Bertz CT molecular complexity index is 443. The first-order chi connectivity index (χ1) is 7.76. The number of carbonyl (C=O) groups is 1. The van der Waals surface area contributed by atoms with Gasteiger partial charge >= 0.3 is 0 Å². The van der Waals surface area contributed by atoms with Crippen LogP contribution in [0.2, 0.25) is 0 Å². The highest BCUT2D eigenvalue weighted by Crippen LogP contribution is 2.45. The fraction of sp³-hybridized carbons (Fsp3) is 0.462. The Morgan fingerprint density at radius 2 is 2.31 bits per heavy atom. The lowest BCUT2D eigenvalue weighted by Crippen LogP contribution is -2.35. The van der Waals surface area contributed by atoms with Gasteiger partial charge in [-0.25, -0.2) is 0 Å². The molecule has 0 aromatic heterocycles. The molecule has 2 aliphatic heterocycles. The third-order valence-electron chi connectivity index (χ3n) is 3.72. The van der Waals surface area contributed by atoms with Crippen molar-refractivity contribution in [3.63, 3.8) is 0 Å². The van der Waals surface area contributed by atoms with Crippen molar-refractivity contribution in [3.8, 4) is 0 Å². The molecule has 1 saturated heterocycles. The van der Waals surface area contributed by atoms with Crippen LogP contribution in [0, 0.1) is 0 Å². The van der Waals surface area contributed by atoms with E-state index in [-0.39, 0.29) is 12.0 Å². The van der Waals surface area contributed by atoms with Gasteiger partial charge in [-0.15, -0.1) is 0 Å². The molecule has 2 heterocycles. The Kier molecular flexibility index (Phi) is 2.04. The molecule has 1 fully saturated rings. The van der Waals surface area contributed by atoms with Crippen LogP contribution in [0.4, 0.5) is 5.69 Å². The van der Waals surface area contributed by atoms with E-state index >= 15 is 0 Å².